The van der Waals surface area contributed by atoms with Crippen LogP contribution in [0.4, 0.5) is 0 Å². The molecule has 2 N–H and O–H groups in total. The second-order valence-electron chi connectivity index (χ2n) is 3.05. The second kappa shape index (κ2) is 8.35. The van der Waals surface area contributed by atoms with E-state index in [9.17, 15) is 4.57 Å². The van der Waals surface area contributed by atoms with Crippen LogP contribution in [0.15, 0.2) is 0 Å². The zero-order valence-corrected chi connectivity index (χ0v) is 9.47. The molecule has 0 fully saturated rings. The topological polar surface area (TPSA) is 79.2 Å². The molecule has 0 heterocycles. The summed E-state index contributed by atoms with van der Waals surface area (Å²) in [4.78, 5) is 1.89. The predicted molar refractivity (Wildman–Crippen MR) is 52.6 cm³/mol. The minimum atomic E-state index is -2.54. The Bertz CT molecular complexity index is 166. The van der Waals surface area contributed by atoms with Crippen LogP contribution >= 0.6 is 8.25 Å². The normalized spacial score (nSPS) is 15.8. The third-order valence-electron chi connectivity index (χ3n) is 1.36. The number of hydrogen-bond donors (Lipinski definition) is 2. The molecule has 0 amide bonds. The molecule has 6 nitrogen and oxygen atoms in total. The van der Waals surface area contributed by atoms with E-state index in [1.807, 2.05) is 19.0 Å². The van der Waals surface area contributed by atoms with Crippen molar-refractivity contribution in [3.05, 3.63) is 0 Å². The van der Waals surface area contributed by atoms with Gasteiger partial charge in [-0.1, -0.05) is 0 Å². The van der Waals surface area contributed by atoms with Gasteiger partial charge in [0.05, 0.1) is 19.8 Å². The molecule has 0 aliphatic rings. The molecular formula is C7H18NO5P. The quantitative estimate of drug-likeness (QED) is 0.535. The van der Waals surface area contributed by atoms with Gasteiger partial charge in [0.15, 0.2) is 0 Å². The van der Waals surface area contributed by atoms with Crippen LogP contribution in [0.3, 0.4) is 0 Å². The largest absolute Gasteiger partial charge is 0.394 e. The molecule has 0 saturated heterocycles. The molecule has 86 valence electrons. The van der Waals surface area contributed by atoms with Crippen molar-refractivity contribution in [1.82, 2.24) is 4.90 Å². The SMILES string of the molecule is CN(C)CCO[PH](=O)OC[C@H](O)CO. The minimum absolute atomic E-state index is 0.170. The molecule has 0 spiro atoms. The molecule has 0 aliphatic heterocycles. The Morgan fingerprint density at radius 1 is 1.43 bits per heavy atom. The summed E-state index contributed by atoms with van der Waals surface area (Å²) in [5.41, 5.74) is 0. The van der Waals surface area contributed by atoms with Crippen LogP contribution in [-0.2, 0) is 13.6 Å². The van der Waals surface area contributed by atoms with Gasteiger partial charge in [0.1, 0.15) is 6.10 Å². The van der Waals surface area contributed by atoms with E-state index in [4.69, 9.17) is 14.7 Å². The fourth-order valence-electron chi connectivity index (χ4n) is 0.570. The molecular weight excluding hydrogens is 209 g/mol. The van der Waals surface area contributed by atoms with Gasteiger partial charge in [0.2, 0.25) is 0 Å². The lowest BCUT2D eigenvalue weighted by Crippen LogP contribution is -2.18. The van der Waals surface area contributed by atoms with Gasteiger partial charge in [-0.25, -0.2) is 0 Å². The zero-order valence-electron chi connectivity index (χ0n) is 8.47. The molecule has 0 aromatic rings. The van der Waals surface area contributed by atoms with Crippen molar-refractivity contribution in [2.24, 2.45) is 0 Å². The van der Waals surface area contributed by atoms with Gasteiger partial charge in [-0.3, -0.25) is 4.57 Å². The Hall–Kier alpha value is 0.0300. The van der Waals surface area contributed by atoms with E-state index in [2.05, 4.69) is 4.52 Å². The van der Waals surface area contributed by atoms with Gasteiger partial charge >= 0.3 is 8.25 Å². The van der Waals surface area contributed by atoms with Crippen molar-refractivity contribution in [1.29, 1.82) is 0 Å². The summed E-state index contributed by atoms with van der Waals surface area (Å²) in [6.07, 6.45) is -0.999. The maximum Gasteiger partial charge on any atom is 0.319 e. The summed E-state index contributed by atoms with van der Waals surface area (Å²) in [5, 5.41) is 17.3. The highest BCUT2D eigenvalue weighted by molar-refractivity contribution is 7.33. The summed E-state index contributed by atoms with van der Waals surface area (Å²) in [5.74, 6) is 0. The Labute approximate surface area is 84.4 Å². The van der Waals surface area contributed by atoms with Crippen molar-refractivity contribution < 1.29 is 23.8 Å². The maximum absolute atomic E-state index is 11.0. The molecule has 2 atom stereocenters. The minimum Gasteiger partial charge on any atom is -0.394 e. The van der Waals surface area contributed by atoms with E-state index in [1.165, 1.54) is 0 Å². The Kier molecular flexibility index (Phi) is 8.37. The fraction of sp³-hybridized carbons (Fsp3) is 1.00. The lowest BCUT2D eigenvalue weighted by molar-refractivity contribution is 0.0495. The molecule has 0 rings (SSSR count). The second-order valence-corrected chi connectivity index (χ2v) is 4.13. The monoisotopic (exact) mass is 227 g/mol. The van der Waals surface area contributed by atoms with Gasteiger partial charge in [-0.2, -0.15) is 0 Å². The molecule has 7 heteroatoms. The van der Waals surface area contributed by atoms with Gasteiger partial charge in [0, 0.05) is 6.54 Å². The van der Waals surface area contributed by atoms with Crippen LogP contribution in [0.2, 0.25) is 0 Å². The lowest BCUT2D eigenvalue weighted by Gasteiger charge is -2.11. The molecule has 1 unspecified atom stereocenters. The maximum atomic E-state index is 11.0. The van der Waals surface area contributed by atoms with Gasteiger partial charge in [0.25, 0.3) is 0 Å². The Morgan fingerprint density at radius 3 is 2.57 bits per heavy atom. The van der Waals surface area contributed by atoms with Crippen molar-refractivity contribution in [3.63, 3.8) is 0 Å². The van der Waals surface area contributed by atoms with E-state index in [0.29, 0.717) is 13.2 Å². The van der Waals surface area contributed by atoms with Gasteiger partial charge in [-0.15, -0.1) is 0 Å². The van der Waals surface area contributed by atoms with Crippen LogP contribution in [0.25, 0.3) is 0 Å². The molecule has 0 aromatic carbocycles. The summed E-state index contributed by atoms with van der Waals surface area (Å²) in [6, 6.07) is 0. The predicted octanol–water partition coefficient (Wildman–Crippen LogP) is -0.676. The average molecular weight is 227 g/mol. The molecule has 0 aromatic heterocycles. The molecule has 0 bridgehead atoms. The Morgan fingerprint density at radius 2 is 2.07 bits per heavy atom. The third kappa shape index (κ3) is 8.62. The molecule has 0 aliphatic carbocycles. The highest BCUT2D eigenvalue weighted by Crippen LogP contribution is 2.23. The molecule has 14 heavy (non-hydrogen) atoms. The molecule has 0 radical (unpaired) electrons. The van der Waals surface area contributed by atoms with Gasteiger partial charge in [-0.05, 0) is 14.1 Å². The number of nitrogens with zero attached hydrogens (tertiary/aromatic N) is 1. The third-order valence-corrected chi connectivity index (χ3v) is 2.20. The van der Waals surface area contributed by atoms with Crippen molar-refractivity contribution >= 4 is 8.25 Å². The van der Waals surface area contributed by atoms with Crippen LogP contribution in [0, 0.1) is 0 Å². The summed E-state index contributed by atoms with van der Waals surface area (Å²) in [7, 11) is 1.21. The van der Waals surface area contributed by atoms with Crippen molar-refractivity contribution in [3.8, 4) is 0 Å². The first-order valence-electron chi connectivity index (χ1n) is 4.29. The van der Waals surface area contributed by atoms with Crippen molar-refractivity contribution in [2.45, 2.75) is 6.10 Å². The summed E-state index contributed by atoms with van der Waals surface area (Å²) >= 11 is 0. The van der Waals surface area contributed by atoms with E-state index in [0.717, 1.165) is 0 Å². The lowest BCUT2D eigenvalue weighted by atomic mass is 10.4. The highest BCUT2D eigenvalue weighted by atomic mass is 31.1. The van der Waals surface area contributed by atoms with Crippen LogP contribution < -0.4 is 0 Å². The number of likely N-dealkylation sites (N-methyl/N-ethyl adjacent to an activating group) is 1. The zero-order chi connectivity index (χ0) is 11.0. The van der Waals surface area contributed by atoms with E-state index in [-0.39, 0.29) is 6.61 Å². The first-order valence-corrected chi connectivity index (χ1v) is 5.52. The Balaban J connectivity index is 3.37. The van der Waals surface area contributed by atoms with Crippen LogP contribution in [-0.4, -0.2) is 61.7 Å². The van der Waals surface area contributed by atoms with Crippen molar-refractivity contribution in [2.75, 3.05) is 40.5 Å². The standard InChI is InChI=1S/C7H18NO5P/c1-8(2)3-4-12-14(11)13-6-7(10)5-9/h7,9-10,14H,3-6H2,1-2H3/t7-/m1/s1. The number of rotatable bonds is 8. The number of aliphatic hydroxyl groups is 2. The summed E-state index contributed by atoms with van der Waals surface area (Å²) in [6.45, 7) is 0.394. The van der Waals surface area contributed by atoms with Gasteiger partial charge < -0.3 is 24.2 Å². The smallest absolute Gasteiger partial charge is 0.319 e. The van der Waals surface area contributed by atoms with E-state index < -0.39 is 21.0 Å². The number of hydrogen-bond acceptors (Lipinski definition) is 6. The fourth-order valence-corrected chi connectivity index (χ4v) is 1.24. The molecule has 0 saturated carbocycles. The first kappa shape index (κ1) is 14.0. The van der Waals surface area contributed by atoms with E-state index in [1.54, 1.807) is 0 Å². The first-order chi connectivity index (χ1) is 6.56. The van der Waals surface area contributed by atoms with Crippen LogP contribution in [0.5, 0.6) is 0 Å². The summed E-state index contributed by atoms with van der Waals surface area (Å²) < 4.78 is 20.5. The van der Waals surface area contributed by atoms with E-state index >= 15 is 0 Å². The highest BCUT2D eigenvalue weighted by Gasteiger charge is 2.05. The average Bonchev–Trinajstić information content (AvgIpc) is 2.13. The van der Waals surface area contributed by atoms with Crippen LogP contribution in [0.1, 0.15) is 0 Å². The number of aliphatic hydroxyl groups excluding tert-OH is 2.